The maximum atomic E-state index is 12.5. The van der Waals surface area contributed by atoms with Crippen LogP contribution in [0.4, 0.5) is 10.5 Å². The molecular weight excluding hydrogens is 342 g/mol. The molecule has 1 saturated heterocycles. The van der Waals surface area contributed by atoms with Gasteiger partial charge in [-0.15, -0.1) is 0 Å². The van der Waals surface area contributed by atoms with E-state index in [1.54, 1.807) is 54.6 Å². The van der Waals surface area contributed by atoms with Crippen molar-refractivity contribution < 1.29 is 24.2 Å². The summed E-state index contributed by atoms with van der Waals surface area (Å²) < 4.78 is 5.05. The summed E-state index contributed by atoms with van der Waals surface area (Å²) in [6, 6.07) is 15.3. The fraction of sp³-hybridized carbons (Fsp3) is 0.0556. The molecule has 1 aliphatic rings. The highest BCUT2D eigenvalue weighted by molar-refractivity contribution is 8.19. The zero-order valence-corrected chi connectivity index (χ0v) is 13.7. The Morgan fingerprint density at radius 2 is 1.76 bits per heavy atom. The summed E-state index contributed by atoms with van der Waals surface area (Å²) in [6.07, 6.45) is 1.62. The molecule has 6 nitrogen and oxygen atoms in total. The van der Waals surface area contributed by atoms with E-state index in [2.05, 4.69) is 0 Å². The average Bonchev–Trinajstić information content (AvgIpc) is 2.88. The molecule has 0 spiro atoms. The summed E-state index contributed by atoms with van der Waals surface area (Å²) in [4.78, 5) is 36.6. The number of carbonyl (C=O) groups is 3. The smallest absolute Gasteiger partial charge is 0.341 e. The van der Waals surface area contributed by atoms with Gasteiger partial charge in [-0.3, -0.25) is 9.59 Å². The van der Waals surface area contributed by atoms with E-state index in [9.17, 15) is 14.4 Å². The predicted octanol–water partition coefficient (Wildman–Crippen LogP) is 3.39. The van der Waals surface area contributed by atoms with Crippen LogP contribution in [0.3, 0.4) is 0 Å². The van der Waals surface area contributed by atoms with Gasteiger partial charge in [0.2, 0.25) is 0 Å². The Morgan fingerprint density at radius 3 is 2.40 bits per heavy atom. The number of carbonyl (C=O) groups excluding carboxylic acids is 2. The van der Waals surface area contributed by atoms with Gasteiger partial charge in [0.15, 0.2) is 6.61 Å². The minimum absolute atomic E-state index is 0.327. The molecule has 7 heteroatoms. The van der Waals surface area contributed by atoms with Gasteiger partial charge in [-0.2, -0.15) is 0 Å². The molecule has 0 unspecified atom stereocenters. The first-order chi connectivity index (χ1) is 12.0. The molecule has 0 bridgehead atoms. The van der Waals surface area contributed by atoms with Gasteiger partial charge in [-0.05, 0) is 47.7 Å². The highest BCUT2D eigenvalue weighted by atomic mass is 32.2. The van der Waals surface area contributed by atoms with Crippen molar-refractivity contribution in [2.24, 2.45) is 0 Å². The molecule has 0 radical (unpaired) electrons. The van der Waals surface area contributed by atoms with E-state index in [0.717, 1.165) is 16.7 Å². The largest absolute Gasteiger partial charge is 0.482 e. The molecular formula is C18H13NO5S. The molecule has 126 valence electrons. The van der Waals surface area contributed by atoms with Crippen LogP contribution in [-0.4, -0.2) is 28.8 Å². The molecule has 1 heterocycles. The zero-order valence-electron chi connectivity index (χ0n) is 12.9. The first kappa shape index (κ1) is 16.8. The van der Waals surface area contributed by atoms with E-state index in [4.69, 9.17) is 9.84 Å². The van der Waals surface area contributed by atoms with Gasteiger partial charge in [-0.25, -0.2) is 9.69 Å². The first-order valence-electron chi connectivity index (χ1n) is 7.32. The van der Waals surface area contributed by atoms with Gasteiger partial charge in [0.1, 0.15) is 5.75 Å². The molecule has 0 aliphatic carbocycles. The van der Waals surface area contributed by atoms with Crippen LogP contribution in [0.15, 0.2) is 59.5 Å². The van der Waals surface area contributed by atoms with Gasteiger partial charge in [0.05, 0.1) is 10.6 Å². The minimum atomic E-state index is -1.06. The normalized spacial score (nSPS) is 15.7. The number of hydrogen-bond donors (Lipinski definition) is 1. The lowest BCUT2D eigenvalue weighted by atomic mass is 10.2. The van der Waals surface area contributed by atoms with E-state index >= 15 is 0 Å². The number of benzene rings is 2. The van der Waals surface area contributed by atoms with Crippen molar-refractivity contribution in [2.45, 2.75) is 0 Å². The van der Waals surface area contributed by atoms with Crippen molar-refractivity contribution in [2.75, 3.05) is 11.5 Å². The molecule has 0 atom stereocenters. The molecule has 1 fully saturated rings. The second-order valence-electron chi connectivity index (χ2n) is 5.10. The number of hydrogen-bond acceptors (Lipinski definition) is 5. The molecule has 2 amide bonds. The van der Waals surface area contributed by atoms with Gasteiger partial charge in [-0.1, -0.05) is 30.3 Å². The summed E-state index contributed by atoms with van der Waals surface area (Å²) >= 11 is 0.879. The monoisotopic (exact) mass is 355 g/mol. The molecule has 3 rings (SSSR count). The number of anilines is 1. The van der Waals surface area contributed by atoms with Crippen molar-refractivity contribution in [1.29, 1.82) is 0 Å². The quantitative estimate of drug-likeness (QED) is 0.828. The summed E-state index contributed by atoms with van der Waals surface area (Å²) in [5, 5.41) is 8.24. The highest BCUT2D eigenvalue weighted by Crippen LogP contribution is 2.35. The standard InChI is InChI=1S/C18H13NO5S/c20-16(21)11-24-14-8-6-12(7-9-14)10-15-17(22)19(18(23)25-15)13-4-2-1-3-5-13/h1-10H,11H2,(H,20,21)/b15-10-. The summed E-state index contributed by atoms with van der Waals surface area (Å²) in [6.45, 7) is -0.421. The van der Waals surface area contributed by atoms with E-state index in [1.165, 1.54) is 0 Å². The second-order valence-corrected chi connectivity index (χ2v) is 6.10. The van der Waals surface area contributed by atoms with Crippen LogP contribution in [-0.2, 0) is 9.59 Å². The van der Waals surface area contributed by atoms with E-state index in [1.807, 2.05) is 6.07 Å². The lowest BCUT2D eigenvalue weighted by Gasteiger charge is -2.11. The summed E-state index contributed by atoms with van der Waals surface area (Å²) in [5.74, 6) is -1.01. The van der Waals surface area contributed by atoms with E-state index in [-0.39, 0.29) is 11.1 Å². The number of amides is 2. The fourth-order valence-corrected chi connectivity index (χ4v) is 3.07. The van der Waals surface area contributed by atoms with Crippen LogP contribution < -0.4 is 9.64 Å². The van der Waals surface area contributed by atoms with Crippen molar-refractivity contribution >= 4 is 40.6 Å². The van der Waals surface area contributed by atoms with Crippen LogP contribution in [0, 0.1) is 0 Å². The van der Waals surface area contributed by atoms with Crippen molar-refractivity contribution in [3.05, 3.63) is 65.1 Å². The molecule has 1 aliphatic heterocycles. The average molecular weight is 355 g/mol. The number of rotatable bonds is 5. The number of nitrogens with zero attached hydrogens (tertiary/aromatic N) is 1. The Bertz CT molecular complexity index is 846. The summed E-state index contributed by atoms with van der Waals surface area (Å²) in [5.41, 5.74) is 1.24. The first-order valence-corrected chi connectivity index (χ1v) is 8.14. The number of ether oxygens (including phenoxy) is 1. The highest BCUT2D eigenvalue weighted by Gasteiger charge is 2.36. The molecule has 25 heavy (non-hydrogen) atoms. The van der Waals surface area contributed by atoms with Crippen LogP contribution in [0.5, 0.6) is 5.75 Å². The minimum Gasteiger partial charge on any atom is -0.482 e. The summed E-state index contributed by atoms with van der Waals surface area (Å²) in [7, 11) is 0. The SMILES string of the molecule is O=C(O)COc1ccc(/C=C2\SC(=O)N(c3ccccc3)C2=O)cc1. The maximum Gasteiger partial charge on any atom is 0.341 e. The number of imide groups is 1. The third-order valence-corrected chi connectivity index (χ3v) is 4.22. The Labute approximate surface area is 147 Å². The Hall–Kier alpha value is -3.06. The van der Waals surface area contributed by atoms with Crippen LogP contribution >= 0.6 is 11.8 Å². The number of carboxylic acids is 1. The Balaban J connectivity index is 1.77. The van der Waals surface area contributed by atoms with E-state index < -0.39 is 12.6 Å². The number of thioether (sulfide) groups is 1. The third-order valence-electron chi connectivity index (χ3n) is 3.35. The van der Waals surface area contributed by atoms with Crippen molar-refractivity contribution in [1.82, 2.24) is 0 Å². The molecule has 0 saturated carbocycles. The third kappa shape index (κ3) is 3.89. The van der Waals surface area contributed by atoms with Crippen LogP contribution in [0.25, 0.3) is 6.08 Å². The van der Waals surface area contributed by atoms with Crippen LogP contribution in [0.2, 0.25) is 0 Å². The molecule has 2 aromatic rings. The van der Waals surface area contributed by atoms with Gasteiger partial charge < -0.3 is 9.84 Å². The lowest BCUT2D eigenvalue weighted by molar-refractivity contribution is -0.139. The van der Waals surface area contributed by atoms with Crippen molar-refractivity contribution in [3.63, 3.8) is 0 Å². The Kier molecular flexibility index (Phi) is 4.85. The van der Waals surface area contributed by atoms with Gasteiger partial charge in [0, 0.05) is 0 Å². The maximum absolute atomic E-state index is 12.5. The van der Waals surface area contributed by atoms with Gasteiger partial charge >= 0.3 is 5.97 Å². The second kappa shape index (κ2) is 7.23. The zero-order chi connectivity index (χ0) is 17.8. The topological polar surface area (TPSA) is 83.9 Å². The number of aliphatic carboxylic acids is 1. The molecule has 0 aromatic heterocycles. The molecule has 1 N–H and O–H groups in total. The Morgan fingerprint density at radius 1 is 1.08 bits per heavy atom. The fourth-order valence-electron chi connectivity index (χ4n) is 2.22. The predicted molar refractivity (Wildman–Crippen MR) is 94.5 cm³/mol. The number of para-hydroxylation sites is 1. The lowest BCUT2D eigenvalue weighted by Crippen LogP contribution is -2.27. The number of carboxylic acid groups (broad SMARTS) is 1. The van der Waals surface area contributed by atoms with E-state index in [0.29, 0.717) is 21.9 Å². The van der Waals surface area contributed by atoms with Gasteiger partial charge in [0.25, 0.3) is 11.1 Å². The van der Waals surface area contributed by atoms with Crippen molar-refractivity contribution in [3.8, 4) is 5.75 Å². The molecule has 2 aromatic carbocycles. The van der Waals surface area contributed by atoms with Crippen LogP contribution in [0.1, 0.15) is 5.56 Å².